The van der Waals surface area contributed by atoms with Crippen LogP contribution >= 0.6 is 0 Å². The lowest BCUT2D eigenvalue weighted by atomic mass is 10.3. The second-order valence-electron chi connectivity index (χ2n) is 5.60. The maximum atomic E-state index is 12.4. The number of H-pyrrole nitrogens is 2. The summed E-state index contributed by atoms with van der Waals surface area (Å²) in [5.41, 5.74) is 1.60. The molecule has 0 amide bonds. The molecule has 3 heterocycles. The molecule has 0 unspecified atom stereocenters. The van der Waals surface area contributed by atoms with Gasteiger partial charge in [-0.3, -0.25) is 0 Å². The van der Waals surface area contributed by atoms with Crippen LogP contribution in [-0.4, -0.2) is 34.3 Å². The van der Waals surface area contributed by atoms with Crippen LogP contribution in [0.25, 0.3) is 16.6 Å². The van der Waals surface area contributed by atoms with Crippen molar-refractivity contribution in [1.82, 2.24) is 24.1 Å². The summed E-state index contributed by atoms with van der Waals surface area (Å²) in [6.45, 7) is 0.220. The summed E-state index contributed by atoms with van der Waals surface area (Å²) >= 11 is 0. The highest BCUT2D eigenvalue weighted by Crippen LogP contribution is 2.15. The third kappa shape index (κ3) is 2.94. The number of benzene rings is 1. The van der Waals surface area contributed by atoms with E-state index in [1.54, 1.807) is 12.3 Å². The number of sulfonamides is 1. The van der Waals surface area contributed by atoms with Gasteiger partial charge in [0.25, 0.3) is 0 Å². The summed E-state index contributed by atoms with van der Waals surface area (Å²) in [4.78, 5) is 20.8. The van der Waals surface area contributed by atoms with E-state index in [1.807, 2.05) is 28.8 Å². The van der Waals surface area contributed by atoms with Gasteiger partial charge in [-0.15, -0.1) is 0 Å². The highest BCUT2D eigenvalue weighted by molar-refractivity contribution is 7.89. The number of aromatic nitrogens is 4. The zero-order valence-corrected chi connectivity index (χ0v) is 13.9. The van der Waals surface area contributed by atoms with Crippen LogP contribution in [0.5, 0.6) is 0 Å². The largest absolute Gasteiger partial charge is 0.323 e. The van der Waals surface area contributed by atoms with E-state index in [4.69, 9.17) is 0 Å². The van der Waals surface area contributed by atoms with Crippen molar-refractivity contribution in [3.63, 3.8) is 0 Å². The molecular weight excluding hydrogens is 342 g/mol. The molecule has 1 aromatic carbocycles. The Morgan fingerprint density at radius 3 is 2.84 bits per heavy atom. The molecule has 3 aromatic heterocycles. The van der Waals surface area contributed by atoms with E-state index >= 15 is 0 Å². The van der Waals surface area contributed by atoms with Crippen molar-refractivity contribution in [2.24, 2.45) is 0 Å². The SMILES string of the molecule is O=c1[nH]c2ccc(S(=O)(=O)NCCc3ncc4ccccn34)cc2[nH]1. The minimum Gasteiger partial charge on any atom is -0.306 e. The first-order valence-electron chi connectivity index (χ1n) is 7.66. The van der Waals surface area contributed by atoms with E-state index < -0.39 is 10.0 Å². The monoisotopic (exact) mass is 357 g/mol. The zero-order valence-electron chi connectivity index (χ0n) is 13.1. The minimum atomic E-state index is -3.67. The lowest BCUT2D eigenvalue weighted by Gasteiger charge is -2.07. The molecule has 0 bridgehead atoms. The molecule has 0 radical (unpaired) electrons. The number of aromatic amines is 2. The Morgan fingerprint density at radius 2 is 1.96 bits per heavy atom. The van der Waals surface area contributed by atoms with Gasteiger partial charge in [0.15, 0.2) is 0 Å². The summed E-state index contributed by atoms with van der Waals surface area (Å²) in [6.07, 6.45) is 4.10. The molecule has 0 spiro atoms. The van der Waals surface area contributed by atoms with Crippen LogP contribution in [-0.2, 0) is 16.4 Å². The van der Waals surface area contributed by atoms with Crippen molar-refractivity contribution < 1.29 is 8.42 Å². The van der Waals surface area contributed by atoms with Crippen molar-refractivity contribution in [3.05, 3.63) is 65.1 Å². The zero-order chi connectivity index (χ0) is 17.4. The van der Waals surface area contributed by atoms with Gasteiger partial charge in [0.2, 0.25) is 10.0 Å². The quantitative estimate of drug-likeness (QED) is 0.495. The maximum absolute atomic E-state index is 12.4. The van der Waals surface area contributed by atoms with Gasteiger partial charge >= 0.3 is 5.69 Å². The molecule has 0 aliphatic carbocycles. The average molecular weight is 357 g/mol. The van der Waals surface area contributed by atoms with Crippen molar-refractivity contribution in [2.45, 2.75) is 11.3 Å². The van der Waals surface area contributed by atoms with Gasteiger partial charge in [0.05, 0.1) is 27.6 Å². The Kier molecular flexibility index (Phi) is 3.66. The maximum Gasteiger partial charge on any atom is 0.323 e. The molecule has 0 atom stereocenters. The summed E-state index contributed by atoms with van der Waals surface area (Å²) in [7, 11) is -3.67. The summed E-state index contributed by atoms with van der Waals surface area (Å²) in [5.74, 6) is 0.781. The number of rotatable bonds is 5. The van der Waals surface area contributed by atoms with E-state index in [-0.39, 0.29) is 17.1 Å². The Bertz CT molecular complexity index is 1220. The third-order valence-electron chi connectivity index (χ3n) is 3.95. The fourth-order valence-electron chi connectivity index (χ4n) is 2.74. The molecule has 4 aromatic rings. The van der Waals surface area contributed by atoms with Crippen LogP contribution in [0.1, 0.15) is 5.82 Å². The normalized spacial score (nSPS) is 12.2. The van der Waals surface area contributed by atoms with Gasteiger partial charge in [-0.25, -0.2) is 22.9 Å². The predicted octanol–water partition coefficient (Wildman–Crippen LogP) is 1.02. The van der Waals surface area contributed by atoms with Crippen LogP contribution < -0.4 is 10.4 Å². The van der Waals surface area contributed by atoms with Gasteiger partial charge in [-0.05, 0) is 30.3 Å². The van der Waals surface area contributed by atoms with E-state index in [2.05, 4.69) is 19.7 Å². The molecule has 0 aliphatic heterocycles. The molecule has 0 aliphatic rings. The van der Waals surface area contributed by atoms with Gasteiger partial charge in [-0.2, -0.15) is 0 Å². The standard InChI is InChI=1S/C16H15N5O3S/c22-16-19-13-5-4-12(9-14(13)20-16)25(23,24)18-7-6-15-17-10-11-3-1-2-8-21(11)15/h1-5,8-10,18H,6-7H2,(H2,19,20,22). The van der Waals surface area contributed by atoms with Gasteiger partial charge in [-0.1, -0.05) is 6.07 Å². The van der Waals surface area contributed by atoms with Gasteiger partial charge in [0, 0.05) is 19.2 Å². The summed E-state index contributed by atoms with van der Waals surface area (Å²) in [6, 6.07) is 10.2. The lowest BCUT2D eigenvalue weighted by Crippen LogP contribution is -2.26. The van der Waals surface area contributed by atoms with Crippen LogP contribution in [0.2, 0.25) is 0 Å². The van der Waals surface area contributed by atoms with Crippen molar-refractivity contribution in [3.8, 4) is 0 Å². The number of pyridine rings is 1. The average Bonchev–Trinajstić information content (AvgIpc) is 3.16. The number of imidazole rings is 2. The molecule has 9 heteroatoms. The van der Waals surface area contributed by atoms with E-state index in [0.717, 1.165) is 11.3 Å². The number of fused-ring (bicyclic) bond motifs is 2. The molecule has 0 fully saturated rings. The summed E-state index contributed by atoms with van der Waals surface area (Å²) in [5, 5.41) is 0. The Hall–Kier alpha value is -2.91. The predicted molar refractivity (Wildman–Crippen MR) is 93.0 cm³/mol. The smallest absolute Gasteiger partial charge is 0.306 e. The number of hydrogen-bond donors (Lipinski definition) is 3. The Balaban J connectivity index is 1.51. The van der Waals surface area contributed by atoms with Gasteiger partial charge in [0.1, 0.15) is 5.82 Å². The first-order valence-corrected chi connectivity index (χ1v) is 9.14. The molecule has 0 saturated carbocycles. The fraction of sp³-hybridized carbons (Fsp3) is 0.125. The first kappa shape index (κ1) is 15.6. The van der Waals surface area contributed by atoms with Crippen LogP contribution in [0.15, 0.2) is 58.5 Å². The molecule has 4 rings (SSSR count). The first-order chi connectivity index (χ1) is 12.0. The lowest BCUT2D eigenvalue weighted by molar-refractivity contribution is 0.581. The molecule has 0 saturated heterocycles. The second-order valence-corrected chi connectivity index (χ2v) is 7.37. The highest BCUT2D eigenvalue weighted by atomic mass is 32.2. The third-order valence-corrected chi connectivity index (χ3v) is 5.41. The van der Waals surface area contributed by atoms with Crippen LogP contribution in [0.3, 0.4) is 0 Å². The molecule has 8 nitrogen and oxygen atoms in total. The molecule has 25 heavy (non-hydrogen) atoms. The molecular formula is C16H15N5O3S. The Labute approximate surface area is 142 Å². The van der Waals surface area contributed by atoms with E-state index in [0.29, 0.717) is 17.5 Å². The molecule has 128 valence electrons. The van der Waals surface area contributed by atoms with Crippen molar-refractivity contribution in [2.75, 3.05) is 6.54 Å². The van der Waals surface area contributed by atoms with Crippen molar-refractivity contribution >= 4 is 26.6 Å². The number of nitrogens with one attached hydrogen (secondary N) is 3. The molecule has 3 N–H and O–H groups in total. The van der Waals surface area contributed by atoms with Crippen LogP contribution in [0.4, 0.5) is 0 Å². The number of nitrogens with zero attached hydrogens (tertiary/aromatic N) is 2. The number of hydrogen-bond acceptors (Lipinski definition) is 4. The van der Waals surface area contributed by atoms with Gasteiger partial charge < -0.3 is 14.4 Å². The highest BCUT2D eigenvalue weighted by Gasteiger charge is 2.15. The second kappa shape index (κ2) is 5.87. The summed E-state index contributed by atoms with van der Waals surface area (Å²) < 4.78 is 29.4. The fourth-order valence-corrected chi connectivity index (χ4v) is 3.80. The Morgan fingerprint density at radius 1 is 1.12 bits per heavy atom. The van der Waals surface area contributed by atoms with E-state index in [9.17, 15) is 13.2 Å². The van der Waals surface area contributed by atoms with Crippen molar-refractivity contribution in [1.29, 1.82) is 0 Å². The van der Waals surface area contributed by atoms with E-state index in [1.165, 1.54) is 12.1 Å². The van der Waals surface area contributed by atoms with Crippen LogP contribution in [0, 0.1) is 0 Å². The topological polar surface area (TPSA) is 112 Å². The minimum absolute atomic E-state index is 0.100.